The third-order valence-corrected chi connectivity index (χ3v) is 8.36. The summed E-state index contributed by atoms with van der Waals surface area (Å²) in [6, 6.07) is 26.9. The van der Waals surface area contributed by atoms with E-state index in [1.54, 1.807) is 66.7 Å². The normalized spacial score (nSPS) is 21.8. The molecule has 0 aromatic heterocycles. The van der Waals surface area contributed by atoms with E-state index in [2.05, 4.69) is 0 Å². The Morgan fingerprint density at radius 3 is 1.62 bits per heavy atom. The molecule has 7 rings (SSSR count). The molecule has 2 atom stereocenters. The molecule has 2 spiro atoms. The SMILES string of the molecule is O=C1c2ccccc2C(=O)C12O[C@@H](c1ccccc1)C1(C(=O)c3ccccc3C1=O)[C@@H]2c1cccc(N([O-])O)c1. The number of hydrogen-bond donors (Lipinski definition) is 1. The molecule has 0 unspecified atom stereocenters. The van der Waals surface area contributed by atoms with Crippen LogP contribution in [0.5, 0.6) is 0 Å². The molecule has 1 heterocycles. The Bertz CT molecular complexity index is 1690. The van der Waals surface area contributed by atoms with Gasteiger partial charge in [0.15, 0.2) is 11.6 Å². The third-order valence-electron chi connectivity index (χ3n) is 8.36. The van der Waals surface area contributed by atoms with Gasteiger partial charge in [0.05, 0.1) is 11.6 Å². The average Bonchev–Trinajstić information content (AvgIpc) is 3.52. The van der Waals surface area contributed by atoms with Gasteiger partial charge in [-0.15, -0.1) is 0 Å². The van der Waals surface area contributed by atoms with Gasteiger partial charge in [0.2, 0.25) is 17.2 Å². The smallest absolute Gasteiger partial charge is 0.204 e. The van der Waals surface area contributed by atoms with Crippen molar-refractivity contribution in [3.05, 3.63) is 142 Å². The lowest BCUT2D eigenvalue weighted by Gasteiger charge is -2.35. The third kappa shape index (κ3) is 2.84. The van der Waals surface area contributed by atoms with E-state index >= 15 is 0 Å². The predicted molar refractivity (Wildman–Crippen MR) is 142 cm³/mol. The molecule has 0 radical (unpaired) electrons. The van der Waals surface area contributed by atoms with Gasteiger partial charge in [0.25, 0.3) is 0 Å². The van der Waals surface area contributed by atoms with Crippen molar-refractivity contribution < 1.29 is 29.1 Å². The number of rotatable bonds is 3. The molecule has 1 fully saturated rings. The van der Waals surface area contributed by atoms with Gasteiger partial charge in [-0.3, -0.25) is 24.4 Å². The van der Waals surface area contributed by atoms with Crippen LogP contribution in [0, 0.1) is 10.6 Å². The molecule has 8 nitrogen and oxygen atoms in total. The molecule has 1 aliphatic heterocycles. The standard InChI is InChI=1S/C32H20NO7/c34-26-21-13-4-5-14-22(21)27(35)31(26)25(19-11-8-12-20(17-19)33(38)39)32(40-30(31)18-9-2-1-3-10-18)28(36)23-15-6-7-16-24(23)29(32)37/h1-17,25,30,38H/q-1/t25-,30-/m0/s1. The van der Waals surface area contributed by atoms with Crippen LogP contribution in [0.15, 0.2) is 103 Å². The van der Waals surface area contributed by atoms with E-state index in [9.17, 15) is 29.6 Å². The maximum atomic E-state index is 14.6. The maximum absolute atomic E-state index is 14.6. The van der Waals surface area contributed by atoms with E-state index in [1.165, 1.54) is 36.4 Å². The fourth-order valence-corrected chi connectivity index (χ4v) is 6.78. The molecule has 1 N–H and O–H groups in total. The average molecular weight is 531 g/mol. The molecular weight excluding hydrogens is 510 g/mol. The molecule has 0 bridgehead atoms. The van der Waals surface area contributed by atoms with Gasteiger partial charge in [-0.1, -0.05) is 91.0 Å². The minimum Gasteiger partial charge on any atom is -0.733 e. The molecule has 1 saturated heterocycles. The largest absolute Gasteiger partial charge is 0.733 e. The first-order valence-electron chi connectivity index (χ1n) is 12.7. The minimum atomic E-state index is -2.28. The van der Waals surface area contributed by atoms with Crippen LogP contribution in [0.1, 0.15) is 64.6 Å². The highest BCUT2D eigenvalue weighted by Gasteiger charge is 2.79. The molecule has 3 aliphatic rings. The fraction of sp³-hybridized carbons (Fsp3) is 0.125. The molecule has 4 aromatic carbocycles. The lowest BCUT2D eigenvalue weighted by Crippen LogP contribution is -2.51. The number of Topliss-reactive ketones (excluding diaryl/α,β-unsaturated/α-hetero) is 4. The number of benzene rings is 4. The summed E-state index contributed by atoms with van der Waals surface area (Å²) in [4.78, 5) is 57.9. The molecule has 8 heteroatoms. The Labute approximate surface area is 228 Å². The van der Waals surface area contributed by atoms with Crippen LogP contribution in [0.25, 0.3) is 0 Å². The van der Waals surface area contributed by atoms with Crippen LogP contribution >= 0.6 is 0 Å². The van der Waals surface area contributed by atoms with Crippen molar-refractivity contribution in [2.75, 3.05) is 5.23 Å². The second kappa shape index (κ2) is 8.37. The number of carbonyl (C=O) groups is 4. The number of hydrogen-bond acceptors (Lipinski definition) is 8. The summed E-state index contributed by atoms with van der Waals surface area (Å²) in [5.41, 5.74) is -3.34. The summed E-state index contributed by atoms with van der Waals surface area (Å²) in [6.07, 6.45) is -1.31. The van der Waals surface area contributed by atoms with E-state index < -0.39 is 46.2 Å². The zero-order valence-electron chi connectivity index (χ0n) is 20.8. The highest BCUT2D eigenvalue weighted by molar-refractivity contribution is 6.37. The fourth-order valence-electron chi connectivity index (χ4n) is 6.78. The monoisotopic (exact) mass is 530 g/mol. The first-order valence-corrected chi connectivity index (χ1v) is 12.7. The summed E-state index contributed by atoms with van der Waals surface area (Å²) >= 11 is 0. The summed E-state index contributed by atoms with van der Waals surface area (Å²) < 4.78 is 6.59. The van der Waals surface area contributed by atoms with Crippen LogP contribution in [-0.2, 0) is 4.74 Å². The zero-order chi connectivity index (χ0) is 27.8. The minimum absolute atomic E-state index is 0.125. The van der Waals surface area contributed by atoms with Crippen LogP contribution in [0.4, 0.5) is 5.69 Å². The Kier molecular flexibility index (Phi) is 5.08. The molecule has 2 aliphatic carbocycles. The van der Waals surface area contributed by atoms with E-state index in [0.29, 0.717) is 5.56 Å². The Hall–Kier alpha value is -4.76. The molecule has 0 saturated carbocycles. The highest BCUT2D eigenvalue weighted by atomic mass is 16.8. The second-order valence-corrected chi connectivity index (χ2v) is 10.2. The van der Waals surface area contributed by atoms with Gasteiger partial charge in [0, 0.05) is 22.3 Å². The van der Waals surface area contributed by atoms with Crippen LogP contribution in [-0.4, -0.2) is 33.9 Å². The number of ether oxygens (including phenoxy) is 1. The van der Waals surface area contributed by atoms with Crippen molar-refractivity contribution in [1.29, 1.82) is 0 Å². The molecule has 40 heavy (non-hydrogen) atoms. The quantitative estimate of drug-likeness (QED) is 0.286. The number of anilines is 1. The summed E-state index contributed by atoms with van der Waals surface area (Å²) in [5.74, 6) is -3.94. The van der Waals surface area contributed by atoms with Crippen LogP contribution < -0.4 is 5.23 Å². The Morgan fingerprint density at radius 1 is 0.625 bits per heavy atom. The van der Waals surface area contributed by atoms with E-state index in [0.717, 1.165) is 0 Å². The molecule has 196 valence electrons. The number of nitrogens with zero attached hydrogens (tertiary/aromatic N) is 1. The lowest BCUT2D eigenvalue weighted by atomic mass is 9.60. The summed E-state index contributed by atoms with van der Waals surface area (Å²) in [7, 11) is 0. The van der Waals surface area contributed by atoms with Gasteiger partial charge in [-0.05, 0) is 23.3 Å². The summed E-state index contributed by atoms with van der Waals surface area (Å²) in [6.45, 7) is 0. The van der Waals surface area contributed by atoms with Crippen LogP contribution in [0.3, 0.4) is 0 Å². The van der Waals surface area contributed by atoms with Crippen molar-refractivity contribution in [1.82, 2.24) is 0 Å². The Balaban J connectivity index is 1.60. The van der Waals surface area contributed by atoms with Crippen molar-refractivity contribution in [3.8, 4) is 0 Å². The van der Waals surface area contributed by atoms with Crippen LogP contribution in [0.2, 0.25) is 0 Å². The van der Waals surface area contributed by atoms with Gasteiger partial charge >= 0.3 is 0 Å². The van der Waals surface area contributed by atoms with Crippen molar-refractivity contribution >= 4 is 28.8 Å². The van der Waals surface area contributed by atoms with Crippen molar-refractivity contribution in [2.24, 2.45) is 5.41 Å². The highest BCUT2D eigenvalue weighted by Crippen LogP contribution is 2.68. The van der Waals surface area contributed by atoms with Gasteiger partial charge in [0.1, 0.15) is 11.5 Å². The van der Waals surface area contributed by atoms with E-state index in [4.69, 9.17) is 4.74 Å². The van der Waals surface area contributed by atoms with Crippen molar-refractivity contribution in [2.45, 2.75) is 17.6 Å². The number of fused-ring (bicyclic) bond motifs is 2. The maximum Gasteiger partial charge on any atom is 0.204 e. The van der Waals surface area contributed by atoms with Gasteiger partial charge in [-0.25, -0.2) is 0 Å². The van der Waals surface area contributed by atoms with Gasteiger partial charge in [-0.2, -0.15) is 0 Å². The van der Waals surface area contributed by atoms with Crippen molar-refractivity contribution in [3.63, 3.8) is 0 Å². The molecular formula is C32H20NO7-. The number of ketones is 4. The van der Waals surface area contributed by atoms with E-state index in [-0.39, 0.29) is 38.7 Å². The second-order valence-electron chi connectivity index (χ2n) is 10.2. The zero-order valence-corrected chi connectivity index (χ0v) is 20.8. The van der Waals surface area contributed by atoms with E-state index in [1.807, 2.05) is 0 Å². The van der Waals surface area contributed by atoms with Gasteiger partial charge < -0.3 is 15.2 Å². The first kappa shape index (κ1) is 24.3. The Morgan fingerprint density at radius 2 is 1.10 bits per heavy atom. The summed E-state index contributed by atoms with van der Waals surface area (Å²) in [5, 5.41) is 21.3. The topological polar surface area (TPSA) is 124 Å². The first-order chi connectivity index (χ1) is 19.3. The predicted octanol–water partition coefficient (Wildman–Crippen LogP) is 5.12. The molecule has 4 aromatic rings. The number of carbonyl (C=O) groups excluding carboxylic acids is 4. The lowest BCUT2D eigenvalue weighted by molar-refractivity contribution is -0.0210. The molecule has 0 amide bonds.